The number of halogens is 1. The molecule has 0 saturated heterocycles. The Morgan fingerprint density at radius 2 is 2.10 bits per heavy atom. The van der Waals surface area contributed by atoms with Crippen LogP contribution in [0.5, 0.6) is 5.75 Å². The zero-order chi connectivity index (χ0) is 13.9. The van der Waals surface area contributed by atoms with Gasteiger partial charge in [-0.15, -0.1) is 0 Å². The summed E-state index contributed by atoms with van der Waals surface area (Å²) in [5.74, 6) is 1.55. The van der Waals surface area contributed by atoms with Gasteiger partial charge in [-0.2, -0.15) is 0 Å². The second-order valence-corrected chi connectivity index (χ2v) is 6.13. The molecule has 0 spiro atoms. The molecule has 3 rings (SSSR count). The Bertz CT molecular complexity index is 612. The summed E-state index contributed by atoms with van der Waals surface area (Å²) in [6.45, 7) is 3.88. The maximum absolute atomic E-state index is 5.71. The summed E-state index contributed by atoms with van der Waals surface area (Å²) in [6.07, 6.45) is 1.07. The number of hydrogen-bond acceptors (Lipinski definition) is 2. The molecule has 0 fully saturated rings. The standard InChI is InChI=1S/C17H18BrNO/c1-12-6-7-14(18)10-16(12)19-11-13-8-9-20-17-5-3-2-4-15(13)17/h2-7,10,13,19H,8-9,11H2,1H3. The molecule has 20 heavy (non-hydrogen) atoms. The van der Waals surface area contributed by atoms with Crippen LogP contribution in [-0.2, 0) is 0 Å². The fourth-order valence-corrected chi connectivity index (χ4v) is 3.01. The lowest BCUT2D eigenvalue weighted by molar-refractivity contribution is 0.270. The van der Waals surface area contributed by atoms with E-state index in [1.54, 1.807) is 0 Å². The predicted molar refractivity (Wildman–Crippen MR) is 86.7 cm³/mol. The van der Waals surface area contributed by atoms with Crippen molar-refractivity contribution < 1.29 is 4.74 Å². The number of nitrogens with one attached hydrogen (secondary N) is 1. The van der Waals surface area contributed by atoms with Crippen LogP contribution >= 0.6 is 15.9 Å². The van der Waals surface area contributed by atoms with Crippen molar-refractivity contribution in [2.75, 3.05) is 18.5 Å². The van der Waals surface area contributed by atoms with Crippen molar-refractivity contribution in [2.24, 2.45) is 0 Å². The molecule has 104 valence electrons. The van der Waals surface area contributed by atoms with Gasteiger partial charge in [-0.25, -0.2) is 0 Å². The van der Waals surface area contributed by atoms with Crippen molar-refractivity contribution in [3.8, 4) is 5.75 Å². The van der Waals surface area contributed by atoms with Crippen molar-refractivity contribution in [1.82, 2.24) is 0 Å². The Morgan fingerprint density at radius 1 is 1.25 bits per heavy atom. The number of anilines is 1. The van der Waals surface area contributed by atoms with Crippen molar-refractivity contribution >= 4 is 21.6 Å². The molecule has 1 aliphatic heterocycles. The molecule has 2 aromatic rings. The molecule has 3 heteroatoms. The molecule has 1 N–H and O–H groups in total. The van der Waals surface area contributed by atoms with Gasteiger partial charge in [-0.3, -0.25) is 0 Å². The Hall–Kier alpha value is -1.48. The van der Waals surface area contributed by atoms with E-state index in [0.29, 0.717) is 5.92 Å². The number of hydrogen-bond donors (Lipinski definition) is 1. The first-order valence-electron chi connectivity index (χ1n) is 6.96. The summed E-state index contributed by atoms with van der Waals surface area (Å²) in [5.41, 5.74) is 3.79. The highest BCUT2D eigenvalue weighted by Gasteiger charge is 2.20. The van der Waals surface area contributed by atoms with E-state index < -0.39 is 0 Å². The van der Waals surface area contributed by atoms with Crippen LogP contribution in [0, 0.1) is 6.92 Å². The molecule has 0 bridgehead atoms. The number of ether oxygens (including phenoxy) is 1. The number of fused-ring (bicyclic) bond motifs is 1. The van der Waals surface area contributed by atoms with Gasteiger partial charge in [-0.1, -0.05) is 40.2 Å². The summed E-state index contributed by atoms with van der Waals surface area (Å²) in [4.78, 5) is 0. The number of para-hydroxylation sites is 1. The van der Waals surface area contributed by atoms with E-state index in [2.05, 4.69) is 64.6 Å². The number of benzene rings is 2. The Labute approximate surface area is 128 Å². The van der Waals surface area contributed by atoms with Gasteiger partial charge in [0.25, 0.3) is 0 Å². The molecule has 1 unspecified atom stereocenters. The highest BCUT2D eigenvalue weighted by molar-refractivity contribution is 9.10. The maximum atomic E-state index is 5.71. The number of rotatable bonds is 3. The average molecular weight is 332 g/mol. The fraction of sp³-hybridized carbons (Fsp3) is 0.294. The van der Waals surface area contributed by atoms with Gasteiger partial charge >= 0.3 is 0 Å². The molecule has 2 nitrogen and oxygen atoms in total. The van der Waals surface area contributed by atoms with Gasteiger partial charge < -0.3 is 10.1 Å². The molecule has 0 saturated carbocycles. The van der Waals surface area contributed by atoms with Gasteiger partial charge in [0.2, 0.25) is 0 Å². The quantitative estimate of drug-likeness (QED) is 0.877. The van der Waals surface area contributed by atoms with Gasteiger partial charge in [0.15, 0.2) is 0 Å². The van der Waals surface area contributed by atoms with Crippen LogP contribution in [0.3, 0.4) is 0 Å². The van der Waals surface area contributed by atoms with Crippen LogP contribution in [0.1, 0.15) is 23.5 Å². The van der Waals surface area contributed by atoms with E-state index in [0.717, 1.165) is 29.8 Å². The first kappa shape index (κ1) is 13.5. The molecule has 1 atom stereocenters. The van der Waals surface area contributed by atoms with Crippen LogP contribution in [-0.4, -0.2) is 13.2 Å². The summed E-state index contributed by atoms with van der Waals surface area (Å²) in [6, 6.07) is 14.7. The van der Waals surface area contributed by atoms with Crippen molar-refractivity contribution in [3.63, 3.8) is 0 Å². The van der Waals surface area contributed by atoms with Crippen LogP contribution in [0.2, 0.25) is 0 Å². The van der Waals surface area contributed by atoms with Crippen LogP contribution in [0.15, 0.2) is 46.9 Å². The monoisotopic (exact) mass is 331 g/mol. The summed E-state index contributed by atoms with van der Waals surface area (Å²) < 4.78 is 6.82. The smallest absolute Gasteiger partial charge is 0.122 e. The molecule has 0 amide bonds. The normalized spacial score (nSPS) is 17.2. The molecule has 1 aliphatic rings. The molecule has 2 aromatic carbocycles. The van der Waals surface area contributed by atoms with E-state index in [9.17, 15) is 0 Å². The Balaban J connectivity index is 1.75. The molecular weight excluding hydrogens is 314 g/mol. The van der Waals surface area contributed by atoms with Gasteiger partial charge in [-0.05, 0) is 42.7 Å². The zero-order valence-corrected chi connectivity index (χ0v) is 13.1. The third-order valence-electron chi connectivity index (χ3n) is 3.82. The highest BCUT2D eigenvalue weighted by Crippen LogP contribution is 2.33. The largest absolute Gasteiger partial charge is 0.493 e. The SMILES string of the molecule is Cc1ccc(Br)cc1NCC1CCOc2ccccc21. The third kappa shape index (κ3) is 2.83. The van der Waals surface area contributed by atoms with E-state index in [1.165, 1.54) is 16.8 Å². The lowest BCUT2D eigenvalue weighted by Crippen LogP contribution is -2.20. The zero-order valence-electron chi connectivity index (χ0n) is 11.5. The maximum Gasteiger partial charge on any atom is 0.122 e. The molecular formula is C17H18BrNO. The third-order valence-corrected chi connectivity index (χ3v) is 4.31. The predicted octanol–water partition coefficient (Wildman–Crippen LogP) is 4.74. The number of aryl methyl sites for hydroxylation is 1. The summed E-state index contributed by atoms with van der Waals surface area (Å²) in [7, 11) is 0. The van der Waals surface area contributed by atoms with Crippen LogP contribution in [0.4, 0.5) is 5.69 Å². The van der Waals surface area contributed by atoms with Crippen LogP contribution in [0.25, 0.3) is 0 Å². The fourth-order valence-electron chi connectivity index (χ4n) is 2.65. The summed E-state index contributed by atoms with van der Waals surface area (Å²) in [5, 5.41) is 3.58. The molecule has 0 aliphatic carbocycles. The van der Waals surface area contributed by atoms with E-state index >= 15 is 0 Å². The molecule has 0 aromatic heterocycles. The minimum absolute atomic E-state index is 0.512. The second kappa shape index (κ2) is 5.88. The average Bonchev–Trinajstić information content (AvgIpc) is 2.48. The first-order valence-corrected chi connectivity index (χ1v) is 7.75. The van der Waals surface area contributed by atoms with E-state index in [1.807, 2.05) is 6.07 Å². The lowest BCUT2D eigenvalue weighted by Gasteiger charge is -2.26. The van der Waals surface area contributed by atoms with Gasteiger partial charge in [0, 0.05) is 22.6 Å². The Morgan fingerprint density at radius 3 is 3.00 bits per heavy atom. The molecule has 1 heterocycles. The van der Waals surface area contributed by atoms with Crippen molar-refractivity contribution in [3.05, 3.63) is 58.1 Å². The Kier molecular flexibility index (Phi) is 3.97. The van der Waals surface area contributed by atoms with Crippen LogP contribution < -0.4 is 10.1 Å². The summed E-state index contributed by atoms with van der Waals surface area (Å²) >= 11 is 3.53. The minimum atomic E-state index is 0.512. The minimum Gasteiger partial charge on any atom is -0.493 e. The van der Waals surface area contributed by atoms with E-state index in [4.69, 9.17) is 4.74 Å². The highest BCUT2D eigenvalue weighted by atomic mass is 79.9. The van der Waals surface area contributed by atoms with Gasteiger partial charge in [0.05, 0.1) is 6.61 Å². The first-order chi connectivity index (χ1) is 9.74. The van der Waals surface area contributed by atoms with Gasteiger partial charge in [0.1, 0.15) is 5.75 Å². The van der Waals surface area contributed by atoms with E-state index in [-0.39, 0.29) is 0 Å². The second-order valence-electron chi connectivity index (χ2n) is 5.21. The molecule has 0 radical (unpaired) electrons. The van der Waals surface area contributed by atoms with Crippen molar-refractivity contribution in [1.29, 1.82) is 0 Å². The lowest BCUT2D eigenvalue weighted by atomic mass is 9.93. The van der Waals surface area contributed by atoms with Crippen molar-refractivity contribution in [2.45, 2.75) is 19.3 Å². The topological polar surface area (TPSA) is 21.3 Å².